The average Bonchev–Trinajstić information content (AvgIpc) is 3.66. The number of nitrogens with one attached hydrogen (secondary N) is 1. The third-order valence-electron chi connectivity index (χ3n) is 6.68. The molecule has 2 aliphatic carbocycles. The minimum Gasteiger partial charge on any atom is -0.382 e. The van der Waals surface area contributed by atoms with E-state index in [9.17, 15) is 9.18 Å². The molecule has 6 rings (SSSR count). The van der Waals surface area contributed by atoms with Gasteiger partial charge in [-0.15, -0.1) is 0 Å². The fourth-order valence-corrected chi connectivity index (χ4v) is 4.91. The number of hydrogen-bond donors (Lipinski definition) is 2. The van der Waals surface area contributed by atoms with Gasteiger partial charge < -0.3 is 15.6 Å². The van der Waals surface area contributed by atoms with Crippen LogP contribution in [0.25, 0.3) is 22.9 Å². The van der Waals surface area contributed by atoms with Crippen molar-refractivity contribution in [1.82, 2.24) is 24.9 Å². The maximum atomic E-state index is 14.3. The number of allylic oxidation sites excluding steroid dienone is 2. The molecule has 1 fully saturated rings. The molecule has 0 radical (unpaired) electrons. The molecular formula is C25H22FN7O2. The summed E-state index contributed by atoms with van der Waals surface area (Å²) in [5, 5.41) is 11.5. The smallest absolute Gasteiger partial charge is 0.228 e. The number of nitrogens with zero attached hydrogens (tertiary/aromatic N) is 5. The molecule has 2 aliphatic rings. The Balaban J connectivity index is 1.27. The maximum absolute atomic E-state index is 14.3. The molecule has 4 aromatic rings. The van der Waals surface area contributed by atoms with Crippen molar-refractivity contribution < 1.29 is 13.7 Å². The summed E-state index contributed by atoms with van der Waals surface area (Å²) in [7, 11) is 0. The molecule has 1 amide bonds. The molecule has 0 spiro atoms. The van der Waals surface area contributed by atoms with E-state index < -0.39 is 0 Å². The molecule has 3 heterocycles. The van der Waals surface area contributed by atoms with Crippen LogP contribution in [-0.2, 0) is 11.3 Å². The molecule has 3 unspecified atom stereocenters. The standard InChI is InChI=1S/C25H22FN7O2/c26-18-4-2-1-3-16(18)13-33-22(19-7-8-35-32-19)11-20(31-33)24-28-12-21(23(27)30-24)29-25(34)17-10-14-5-6-15(17)9-14/h1-8,11-12,14-15,17H,9-10,13H2,(H,29,34)(H2,27,28,30). The Morgan fingerprint density at radius 3 is 2.80 bits per heavy atom. The lowest BCUT2D eigenvalue weighted by molar-refractivity contribution is -0.120. The van der Waals surface area contributed by atoms with Crippen LogP contribution in [0.4, 0.5) is 15.9 Å². The van der Waals surface area contributed by atoms with Crippen LogP contribution in [0.15, 0.2) is 65.5 Å². The number of halogens is 1. The van der Waals surface area contributed by atoms with E-state index in [0.29, 0.717) is 34.3 Å². The first kappa shape index (κ1) is 21.2. The van der Waals surface area contributed by atoms with E-state index in [-0.39, 0.29) is 41.7 Å². The molecule has 9 nitrogen and oxygen atoms in total. The molecule has 0 saturated heterocycles. The van der Waals surface area contributed by atoms with Gasteiger partial charge in [0, 0.05) is 17.5 Å². The number of hydrogen-bond acceptors (Lipinski definition) is 7. The number of benzene rings is 1. The highest BCUT2D eigenvalue weighted by molar-refractivity contribution is 5.95. The number of anilines is 2. The first-order valence-corrected chi connectivity index (χ1v) is 11.4. The largest absolute Gasteiger partial charge is 0.382 e. The van der Waals surface area contributed by atoms with E-state index in [2.05, 4.69) is 37.7 Å². The second kappa shape index (κ2) is 8.46. The number of carbonyl (C=O) groups excluding carboxylic acids is 1. The lowest BCUT2D eigenvalue weighted by Crippen LogP contribution is -2.26. The highest BCUT2D eigenvalue weighted by atomic mass is 19.1. The Morgan fingerprint density at radius 2 is 2.09 bits per heavy atom. The summed E-state index contributed by atoms with van der Waals surface area (Å²) in [5.74, 6) is 0.756. The van der Waals surface area contributed by atoms with Gasteiger partial charge in [0.2, 0.25) is 5.91 Å². The van der Waals surface area contributed by atoms with Crippen molar-refractivity contribution in [2.24, 2.45) is 17.8 Å². The van der Waals surface area contributed by atoms with Gasteiger partial charge in [-0.25, -0.2) is 14.4 Å². The number of carbonyl (C=O) groups is 1. The van der Waals surface area contributed by atoms with Crippen molar-refractivity contribution in [3.05, 3.63) is 72.4 Å². The van der Waals surface area contributed by atoms with Gasteiger partial charge in [-0.1, -0.05) is 35.5 Å². The lowest BCUT2D eigenvalue weighted by atomic mass is 9.93. The number of aromatic nitrogens is 5. The van der Waals surface area contributed by atoms with Gasteiger partial charge in [-0.05, 0) is 36.8 Å². The van der Waals surface area contributed by atoms with Crippen molar-refractivity contribution in [2.45, 2.75) is 19.4 Å². The van der Waals surface area contributed by atoms with Crippen LogP contribution >= 0.6 is 0 Å². The Labute approximate surface area is 199 Å². The van der Waals surface area contributed by atoms with Gasteiger partial charge in [0.1, 0.15) is 29.2 Å². The highest BCUT2D eigenvalue weighted by Crippen LogP contribution is 2.44. The van der Waals surface area contributed by atoms with E-state index >= 15 is 0 Å². The molecule has 3 aromatic heterocycles. The Kier molecular flexibility index (Phi) is 5.13. The SMILES string of the molecule is Nc1nc(-c2cc(-c3ccon3)n(Cc3ccccc3F)n2)ncc1NC(=O)C1CC2C=CC1C2. The highest BCUT2D eigenvalue weighted by Gasteiger charge is 2.40. The fourth-order valence-electron chi connectivity index (χ4n) is 4.91. The van der Waals surface area contributed by atoms with Gasteiger partial charge in [-0.2, -0.15) is 5.10 Å². The third-order valence-corrected chi connectivity index (χ3v) is 6.68. The summed E-state index contributed by atoms with van der Waals surface area (Å²) >= 11 is 0. The molecular weight excluding hydrogens is 449 g/mol. The number of rotatable bonds is 6. The van der Waals surface area contributed by atoms with E-state index in [1.165, 1.54) is 18.5 Å². The number of nitrogens with two attached hydrogens (primary N) is 1. The summed E-state index contributed by atoms with van der Waals surface area (Å²) in [5.41, 5.74) is 8.60. The van der Waals surface area contributed by atoms with Gasteiger partial charge >= 0.3 is 0 Å². The molecule has 3 N–H and O–H groups in total. The second-order valence-corrected chi connectivity index (χ2v) is 8.92. The monoisotopic (exact) mass is 471 g/mol. The fraction of sp³-hybridized carbons (Fsp3) is 0.240. The average molecular weight is 471 g/mol. The zero-order valence-electron chi connectivity index (χ0n) is 18.6. The van der Waals surface area contributed by atoms with Gasteiger partial charge in [0.25, 0.3) is 0 Å². The van der Waals surface area contributed by atoms with E-state index in [4.69, 9.17) is 10.3 Å². The minimum atomic E-state index is -0.331. The van der Waals surface area contributed by atoms with E-state index in [0.717, 1.165) is 12.8 Å². The van der Waals surface area contributed by atoms with Crippen LogP contribution < -0.4 is 11.1 Å². The van der Waals surface area contributed by atoms with Crippen molar-refractivity contribution in [2.75, 3.05) is 11.1 Å². The molecule has 3 atom stereocenters. The van der Waals surface area contributed by atoms with Crippen LogP contribution in [0.3, 0.4) is 0 Å². The zero-order chi connectivity index (χ0) is 23.9. The van der Waals surface area contributed by atoms with Crippen LogP contribution in [-0.4, -0.2) is 30.8 Å². The quantitative estimate of drug-likeness (QED) is 0.408. The molecule has 1 aromatic carbocycles. The first-order chi connectivity index (χ1) is 17.0. The van der Waals surface area contributed by atoms with Crippen molar-refractivity contribution in [1.29, 1.82) is 0 Å². The maximum Gasteiger partial charge on any atom is 0.228 e. The van der Waals surface area contributed by atoms with Gasteiger partial charge in [0.15, 0.2) is 11.6 Å². The topological polar surface area (TPSA) is 125 Å². The van der Waals surface area contributed by atoms with Gasteiger partial charge in [0.05, 0.1) is 18.4 Å². The molecule has 35 heavy (non-hydrogen) atoms. The Morgan fingerprint density at radius 1 is 1.20 bits per heavy atom. The second-order valence-electron chi connectivity index (χ2n) is 8.92. The van der Waals surface area contributed by atoms with Crippen molar-refractivity contribution in [3.8, 4) is 22.9 Å². The lowest BCUT2D eigenvalue weighted by Gasteiger charge is -2.17. The summed E-state index contributed by atoms with van der Waals surface area (Å²) in [6.45, 7) is 0.177. The summed E-state index contributed by atoms with van der Waals surface area (Å²) in [6.07, 6.45) is 9.16. The van der Waals surface area contributed by atoms with Crippen LogP contribution in [0.5, 0.6) is 0 Å². The van der Waals surface area contributed by atoms with Crippen LogP contribution in [0.1, 0.15) is 18.4 Å². The normalized spacial score (nSPS) is 20.4. The van der Waals surface area contributed by atoms with Gasteiger partial charge in [-0.3, -0.25) is 9.48 Å². The summed E-state index contributed by atoms with van der Waals surface area (Å²) in [6, 6.07) is 9.93. The molecule has 0 aliphatic heterocycles. The Bertz CT molecular complexity index is 1430. The molecule has 176 valence electrons. The third kappa shape index (κ3) is 3.96. The predicted octanol–water partition coefficient (Wildman–Crippen LogP) is 3.92. The summed E-state index contributed by atoms with van der Waals surface area (Å²) < 4.78 is 20.9. The number of amides is 1. The van der Waals surface area contributed by atoms with E-state index in [1.54, 1.807) is 35.0 Å². The van der Waals surface area contributed by atoms with Crippen LogP contribution in [0.2, 0.25) is 0 Å². The van der Waals surface area contributed by atoms with Crippen molar-refractivity contribution in [3.63, 3.8) is 0 Å². The summed E-state index contributed by atoms with van der Waals surface area (Å²) in [4.78, 5) is 21.5. The molecule has 10 heteroatoms. The molecule has 1 saturated carbocycles. The number of fused-ring (bicyclic) bond motifs is 2. The Hall–Kier alpha value is -4.34. The van der Waals surface area contributed by atoms with Crippen molar-refractivity contribution >= 4 is 17.4 Å². The minimum absolute atomic E-state index is 0.0526. The molecule has 2 bridgehead atoms. The first-order valence-electron chi connectivity index (χ1n) is 11.4. The van der Waals surface area contributed by atoms with Crippen LogP contribution in [0, 0.1) is 23.6 Å². The van der Waals surface area contributed by atoms with E-state index in [1.807, 2.05) is 0 Å². The number of nitrogen functional groups attached to an aromatic ring is 1. The predicted molar refractivity (Wildman–Crippen MR) is 126 cm³/mol. The zero-order valence-corrected chi connectivity index (χ0v) is 18.6.